The molecule has 8 nitrogen and oxygen atoms in total. The van der Waals surface area contributed by atoms with Crippen LogP contribution >= 0.6 is 0 Å². The number of aliphatic hydroxyl groups excluding tert-OH is 1. The molecule has 184 valence electrons. The fourth-order valence-electron chi connectivity index (χ4n) is 4.51. The van der Waals surface area contributed by atoms with E-state index in [2.05, 4.69) is 15.6 Å². The van der Waals surface area contributed by atoms with Gasteiger partial charge in [-0.15, -0.1) is 5.10 Å². The normalized spacial score (nSPS) is 21.5. The molecule has 0 unspecified atom stereocenters. The number of likely N-dealkylation sites (tertiary alicyclic amines) is 1. The van der Waals surface area contributed by atoms with Crippen LogP contribution in [0.1, 0.15) is 63.3 Å². The van der Waals surface area contributed by atoms with Gasteiger partial charge in [0.2, 0.25) is 11.8 Å². The number of carbonyl (C=O) groups is 2. The molecular weight excluding hydrogens is 444 g/mol. The Balaban J connectivity index is 1.46. The van der Waals surface area contributed by atoms with Crippen molar-refractivity contribution >= 4 is 11.8 Å². The van der Waals surface area contributed by atoms with E-state index in [1.54, 1.807) is 10.9 Å². The minimum atomic E-state index is -0.939. The fourth-order valence-corrected chi connectivity index (χ4v) is 4.51. The number of hydrogen-bond donors (Lipinski definition) is 2. The molecule has 1 saturated heterocycles. The van der Waals surface area contributed by atoms with Gasteiger partial charge in [-0.3, -0.25) is 9.59 Å². The SMILES string of the molecule is CC(C)(C)[C@@H](C(=O)N1C[C@H](O)C[C@H]1C(=O)NCCc1cccc(F)c1F)n1cc(C2CC2)nn1. The number of hydrogen-bond acceptors (Lipinski definition) is 5. The average Bonchev–Trinajstić information content (AvgIpc) is 3.37. The van der Waals surface area contributed by atoms with Gasteiger partial charge in [-0.1, -0.05) is 38.1 Å². The van der Waals surface area contributed by atoms with Crippen molar-refractivity contribution in [3.8, 4) is 0 Å². The van der Waals surface area contributed by atoms with E-state index >= 15 is 0 Å². The fraction of sp³-hybridized carbons (Fsp3) is 0.583. The molecule has 1 aromatic carbocycles. The van der Waals surface area contributed by atoms with Gasteiger partial charge in [0, 0.05) is 31.6 Å². The zero-order valence-corrected chi connectivity index (χ0v) is 19.7. The van der Waals surface area contributed by atoms with Crippen LogP contribution in [-0.4, -0.2) is 62.0 Å². The zero-order chi connectivity index (χ0) is 24.6. The lowest BCUT2D eigenvalue weighted by atomic mass is 9.85. The lowest BCUT2D eigenvalue weighted by Gasteiger charge is -2.34. The van der Waals surface area contributed by atoms with Gasteiger partial charge < -0.3 is 15.3 Å². The average molecular weight is 476 g/mol. The summed E-state index contributed by atoms with van der Waals surface area (Å²) >= 11 is 0. The molecule has 1 aliphatic heterocycles. The van der Waals surface area contributed by atoms with E-state index in [-0.39, 0.29) is 37.4 Å². The quantitative estimate of drug-likeness (QED) is 0.640. The van der Waals surface area contributed by atoms with Crippen LogP contribution in [0.15, 0.2) is 24.4 Å². The molecule has 2 N–H and O–H groups in total. The van der Waals surface area contributed by atoms with Crippen LogP contribution in [0.3, 0.4) is 0 Å². The lowest BCUT2D eigenvalue weighted by molar-refractivity contribution is -0.144. The van der Waals surface area contributed by atoms with E-state index in [9.17, 15) is 23.5 Å². The van der Waals surface area contributed by atoms with E-state index in [1.165, 1.54) is 17.0 Å². The Morgan fingerprint density at radius 2 is 2.00 bits per heavy atom. The highest BCUT2D eigenvalue weighted by Gasteiger charge is 2.45. The van der Waals surface area contributed by atoms with Crippen molar-refractivity contribution in [1.29, 1.82) is 0 Å². The molecular formula is C24H31F2N5O3. The minimum Gasteiger partial charge on any atom is -0.391 e. The third-order valence-corrected chi connectivity index (χ3v) is 6.43. The summed E-state index contributed by atoms with van der Waals surface area (Å²) in [6, 6.07) is 2.34. The van der Waals surface area contributed by atoms with Crippen molar-refractivity contribution in [2.75, 3.05) is 13.1 Å². The third-order valence-electron chi connectivity index (χ3n) is 6.43. The predicted octanol–water partition coefficient (Wildman–Crippen LogP) is 2.34. The maximum Gasteiger partial charge on any atom is 0.248 e. The van der Waals surface area contributed by atoms with Crippen molar-refractivity contribution in [2.45, 2.75) is 70.6 Å². The molecule has 2 aromatic rings. The Hall–Kier alpha value is -2.88. The number of nitrogens with zero attached hydrogens (tertiary/aromatic N) is 4. The highest BCUT2D eigenvalue weighted by molar-refractivity contribution is 5.90. The number of rotatable bonds is 7. The molecule has 0 spiro atoms. The van der Waals surface area contributed by atoms with Gasteiger partial charge >= 0.3 is 0 Å². The minimum absolute atomic E-state index is 0.0339. The first-order valence-electron chi connectivity index (χ1n) is 11.7. The van der Waals surface area contributed by atoms with Crippen molar-refractivity contribution in [3.05, 3.63) is 47.3 Å². The maximum atomic E-state index is 13.9. The van der Waals surface area contributed by atoms with Crippen molar-refractivity contribution in [1.82, 2.24) is 25.2 Å². The van der Waals surface area contributed by atoms with Gasteiger partial charge in [-0.2, -0.15) is 0 Å². The molecule has 1 aromatic heterocycles. The topological polar surface area (TPSA) is 100 Å². The molecule has 4 rings (SSSR count). The van der Waals surface area contributed by atoms with Crippen LogP contribution in [0.25, 0.3) is 0 Å². The van der Waals surface area contributed by atoms with Gasteiger partial charge in [-0.05, 0) is 36.3 Å². The molecule has 2 heterocycles. The maximum absolute atomic E-state index is 13.9. The first-order chi connectivity index (χ1) is 16.1. The number of β-amino-alcohol motifs (C(OH)–C–C–N with tert-alkyl or cyclic N) is 1. The summed E-state index contributed by atoms with van der Waals surface area (Å²) in [6.07, 6.45) is 3.30. The number of aromatic nitrogens is 3. The van der Waals surface area contributed by atoms with Gasteiger partial charge in [0.05, 0.1) is 11.8 Å². The molecule has 0 bridgehead atoms. The number of amides is 2. The Labute approximate surface area is 197 Å². The number of benzene rings is 1. The van der Waals surface area contributed by atoms with Crippen LogP contribution in [-0.2, 0) is 16.0 Å². The second-order valence-electron chi connectivity index (χ2n) is 10.3. The number of carbonyl (C=O) groups excluding carboxylic acids is 2. The summed E-state index contributed by atoms with van der Waals surface area (Å²) < 4.78 is 28.9. The van der Waals surface area contributed by atoms with Gasteiger partial charge in [0.15, 0.2) is 11.6 Å². The van der Waals surface area contributed by atoms with Crippen LogP contribution < -0.4 is 5.32 Å². The Morgan fingerprint density at radius 1 is 1.26 bits per heavy atom. The molecule has 2 amide bonds. The van der Waals surface area contributed by atoms with E-state index in [1.807, 2.05) is 20.8 Å². The predicted molar refractivity (Wildman–Crippen MR) is 120 cm³/mol. The number of aliphatic hydroxyl groups is 1. The van der Waals surface area contributed by atoms with Crippen LogP contribution in [0, 0.1) is 17.0 Å². The second-order valence-corrected chi connectivity index (χ2v) is 10.3. The van der Waals surface area contributed by atoms with Gasteiger partial charge in [-0.25, -0.2) is 13.5 Å². The van der Waals surface area contributed by atoms with Gasteiger partial charge in [0.1, 0.15) is 12.1 Å². The molecule has 1 saturated carbocycles. The number of halogens is 2. The van der Waals surface area contributed by atoms with Crippen molar-refractivity contribution < 1.29 is 23.5 Å². The molecule has 34 heavy (non-hydrogen) atoms. The molecule has 3 atom stereocenters. The summed E-state index contributed by atoms with van der Waals surface area (Å²) in [5.41, 5.74) is 0.502. The Morgan fingerprint density at radius 3 is 2.68 bits per heavy atom. The second kappa shape index (κ2) is 9.40. The standard InChI is InChI=1S/C24H31F2N5O3/c1-24(2,3)21(31-13-18(28-29-31)14-7-8-14)23(34)30-12-16(32)11-19(30)22(33)27-10-9-15-5-4-6-17(25)20(15)26/h4-6,13-14,16,19,21,32H,7-12H2,1-3H3,(H,27,33)/t16-,19+,21-/m1/s1. The van der Waals surface area contributed by atoms with E-state index in [0.717, 1.165) is 24.6 Å². The first kappa shape index (κ1) is 24.3. The van der Waals surface area contributed by atoms with Gasteiger partial charge in [0.25, 0.3) is 0 Å². The summed E-state index contributed by atoms with van der Waals surface area (Å²) in [5, 5.41) is 21.4. The van der Waals surface area contributed by atoms with Crippen LogP contribution in [0.5, 0.6) is 0 Å². The molecule has 2 aliphatic rings. The largest absolute Gasteiger partial charge is 0.391 e. The number of nitrogens with one attached hydrogen (secondary N) is 1. The first-order valence-corrected chi connectivity index (χ1v) is 11.7. The Kier molecular flexibility index (Phi) is 6.71. The monoisotopic (exact) mass is 475 g/mol. The molecule has 2 fully saturated rings. The summed E-state index contributed by atoms with van der Waals surface area (Å²) in [4.78, 5) is 28.0. The molecule has 1 aliphatic carbocycles. The molecule has 0 radical (unpaired) electrons. The Bertz CT molecular complexity index is 1060. The third kappa shape index (κ3) is 5.11. The summed E-state index contributed by atoms with van der Waals surface area (Å²) in [7, 11) is 0. The van der Waals surface area contributed by atoms with Crippen molar-refractivity contribution in [2.24, 2.45) is 5.41 Å². The van der Waals surface area contributed by atoms with E-state index in [4.69, 9.17) is 0 Å². The summed E-state index contributed by atoms with van der Waals surface area (Å²) in [5.74, 6) is -2.24. The summed E-state index contributed by atoms with van der Waals surface area (Å²) in [6.45, 7) is 5.87. The lowest BCUT2D eigenvalue weighted by Crippen LogP contribution is -2.50. The highest BCUT2D eigenvalue weighted by atomic mass is 19.2. The molecule has 10 heteroatoms. The van der Waals surface area contributed by atoms with Crippen molar-refractivity contribution in [3.63, 3.8) is 0 Å². The van der Waals surface area contributed by atoms with Crippen LogP contribution in [0.4, 0.5) is 8.78 Å². The highest BCUT2D eigenvalue weighted by Crippen LogP contribution is 2.40. The smallest absolute Gasteiger partial charge is 0.248 e. The van der Waals surface area contributed by atoms with E-state index < -0.39 is 41.1 Å². The van der Waals surface area contributed by atoms with Crippen LogP contribution in [0.2, 0.25) is 0 Å². The van der Waals surface area contributed by atoms with E-state index in [0.29, 0.717) is 5.92 Å². The zero-order valence-electron chi connectivity index (χ0n) is 19.7.